The molecule has 0 bridgehead atoms. The Morgan fingerprint density at radius 1 is 0.373 bits per heavy atom. The van der Waals surface area contributed by atoms with E-state index in [1.807, 2.05) is 6.08 Å². The highest BCUT2D eigenvalue weighted by molar-refractivity contribution is 5.76. The minimum atomic E-state index is -0.842. The van der Waals surface area contributed by atoms with Crippen LogP contribution in [0, 0.1) is 0 Å². The first-order chi connectivity index (χ1) is 37.0. The Bertz CT molecular complexity index is 1260. The lowest BCUT2D eigenvalue weighted by Gasteiger charge is -2.20. The zero-order valence-electron chi connectivity index (χ0n) is 50.3. The minimum Gasteiger partial charge on any atom is -0.466 e. The minimum absolute atomic E-state index is 0.00941. The second-order valence-electron chi connectivity index (χ2n) is 22.8. The molecular formula is C69H129NO5. The third kappa shape index (κ3) is 60.9. The molecule has 0 saturated heterocycles. The Hall–Kier alpha value is -2.18. The number of aliphatic hydroxyl groups excluding tert-OH is 2. The van der Waals surface area contributed by atoms with Gasteiger partial charge in [-0.3, -0.25) is 9.59 Å². The maximum absolute atomic E-state index is 12.4. The van der Waals surface area contributed by atoms with Crippen LogP contribution in [0.5, 0.6) is 0 Å². The highest BCUT2D eigenvalue weighted by atomic mass is 16.5. The molecule has 0 saturated carbocycles. The van der Waals surface area contributed by atoms with E-state index in [2.05, 4.69) is 55.6 Å². The standard InChI is InChI=1S/C69H129NO5/c1-3-5-7-9-11-13-15-16-17-33-37-40-43-47-51-55-59-63-69(74)75-64-60-56-52-48-44-41-38-35-32-30-28-26-24-22-20-18-19-21-23-25-27-29-31-34-36-39-42-46-50-54-58-62-68(73)70-66(65-71)67(72)61-57-53-49-45-14-12-10-8-6-4-2/h16-17,20,22,26,28,57,61,66-67,71-72H,3-15,18-19,21,23-25,27,29-56,58-60,62-65H2,1-2H3,(H,70,73)/b17-16-,22-20-,28-26-,61-57+. The van der Waals surface area contributed by atoms with Gasteiger partial charge in [0, 0.05) is 12.8 Å². The number of rotatable bonds is 62. The van der Waals surface area contributed by atoms with Crippen LogP contribution in [0.2, 0.25) is 0 Å². The summed E-state index contributed by atoms with van der Waals surface area (Å²) in [6.45, 7) is 4.89. The maximum atomic E-state index is 12.4. The van der Waals surface area contributed by atoms with E-state index in [1.165, 1.54) is 276 Å². The number of amides is 1. The molecule has 0 aromatic carbocycles. The number of aliphatic hydroxyl groups is 2. The average molecular weight is 1050 g/mol. The van der Waals surface area contributed by atoms with Gasteiger partial charge in [0.25, 0.3) is 0 Å². The van der Waals surface area contributed by atoms with E-state index >= 15 is 0 Å². The Balaban J connectivity index is 3.38. The molecule has 0 radical (unpaired) electrons. The van der Waals surface area contributed by atoms with Crippen LogP contribution in [-0.4, -0.2) is 47.4 Å². The van der Waals surface area contributed by atoms with E-state index in [-0.39, 0.29) is 18.5 Å². The van der Waals surface area contributed by atoms with E-state index in [1.54, 1.807) is 6.08 Å². The van der Waals surface area contributed by atoms with Gasteiger partial charge in [0.15, 0.2) is 0 Å². The molecule has 1 amide bonds. The summed E-state index contributed by atoms with van der Waals surface area (Å²) in [4.78, 5) is 24.5. The lowest BCUT2D eigenvalue weighted by Crippen LogP contribution is -2.45. The Morgan fingerprint density at radius 2 is 0.667 bits per heavy atom. The number of carbonyl (C=O) groups excluding carboxylic acids is 2. The molecule has 6 heteroatoms. The van der Waals surface area contributed by atoms with E-state index in [9.17, 15) is 19.8 Å². The summed E-state index contributed by atoms with van der Waals surface area (Å²) in [5, 5.41) is 23.0. The summed E-state index contributed by atoms with van der Waals surface area (Å²) in [6, 6.07) is -0.626. The Kier molecular flexibility index (Phi) is 62.5. The molecule has 440 valence electrons. The number of carbonyl (C=O) groups is 2. The largest absolute Gasteiger partial charge is 0.466 e. The van der Waals surface area contributed by atoms with E-state index in [0.29, 0.717) is 19.4 Å². The molecule has 0 heterocycles. The number of unbranched alkanes of at least 4 members (excludes halogenated alkanes) is 45. The predicted molar refractivity (Wildman–Crippen MR) is 329 cm³/mol. The highest BCUT2D eigenvalue weighted by Gasteiger charge is 2.18. The van der Waals surface area contributed by atoms with Crippen molar-refractivity contribution in [2.75, 3.05) is 13.2 Å². The molecule has 0 spiro atoms. The van der Waals surface area contributed by atoms with Gasteiger partial charge >= 0.3 is 5.97 Å². The first-order valence-corrected chi connectivity index (χ1v) is 33.4. The summed E-state index contributed by atoms with van der Waals surface area (Å²) in [7, 11) is 0. The van der Waals surface area contributed by atoms with Crippen molar-refractivity contribution < 1.29 is 24.5 Å². The van der Waals surface area contributed by atoms with Crippen LogP contribution in [0.25, 0.3) is 0 Å². The van der Waals surface area contributed by atoms with Gasteiger partial charge < -0.3 is 20.3 Å². The van der Waals surface area contributed by atoms with Crippen LogP contribution in [0.3, 0.4) is 0 Å². The lowest BCUT2D eigenvalue weighted by molar-refractivity contribution is -0.143. The Labute approximate surface area is 467 Å². The fourth-order valence-corrected chi connectivity index (χ4v) is 10.2. The number of allylic oxidation sites excluding steroid dienone is 7. The number of nitrogens with one attached hydrogen (secondary N) is 1. The van der Waals surface area contributed by atoms with Gasteiger partial charge in [-0.05, 0) is 89.9 Å². The lowest BCUT2D eigenvalue weighted by atomic mass is 10.0. The first-order valence-electron chi connectivity index (χ1n) is 33.4. The number of hydrogen-bond acceptors (Lipinski definition) is 5. The molecule has 2 atom stereocenters. The van der Waals surface area contributed by atoms with E-state index in [4.69, 9.17) is 4.74 Å². The fourth-order valence-electron chi connectivity index (χ4n) is 10.2. The molecule has 0 aromatic heterocycles. The molecule has 0 fully saturated rings. The molecule has 6 nitrogen and oxygen atoms in total. The molecule has 0 aliphatic rings. The van der Waals surface area contributed by atoms with Gasteiger partial charge in [0.1, 0.15) is 0 Å². The average Bonchev–Trinajstić information content (AvgIpc) is 3.41. The topological polar surface area (TPSA) is 95.9 Å². The zero-order chi connectivity index (χ0) is 54.3. The van der Waals surface area contributed by atoms with Crippen LogP contribution in [0.1, 0.15) is 354 Å². The maximum Gasteiger partial charge on any atom is 0.305 e. The zero-order valence-corrected chi connectivity index (χ0v) is 50.3. The monoisotopic (exact) mass is 1050 g/mol. The van der Waals surface area contributed by atoms with Crippen molar-refractivity contribution in [2.45, 2.75) is 366 Å². The number of esters is 1. The van der Waals surface area contributed by atoms with Crippen molar-refractivity contribution in [3.63, 3.8) is 0 Å². The predicted octanol–water partition coefficient (Wildman–Crippen LogP) is 21.3. The van der Waals surface area contributed by atoms with Crippen molar-refractivity contribution in [3.8, 4) is 0 Å². The van der Waals surface area contributed by atoms with Crippen molar-refractivity contribution in [1.29, 1.82) is 0 Å². The van der Waals surface area contributed by atoms with Crippen molar-refractivity contribution in [2.24, 2.45) is 0 Å². The molecule has 2 unspecified atom stereocenters. The molecule has 0 aliphatic heterocycles. The summed E-state index contributed by atoms with van der Waals surface area (Å²) >= 11 is 0. The third-order valence-corrected chi connectivity index (χ3v) is 15.3. The van der Waals surface area contributed by atoms with Crippen LogP contribution >= 0.6 is 0 Å². The smallest absolute Gasteiger partial charge is 0.305 e. The second kappa shape index (κ2) is 64.3. The summed E-state index contributed by atoms with van der Waals surface area (Å²) in [5.74, 6) is -0.0594. The molecule has 0 rings (SSSR count). The van der Waals surface area contributed by atoms with Crippen molar-refractivity contribution >= 4 is 11.9 Å². The number of ether oxygens (including phenoxy) is 1. The Morgan fingerprint density at radius 3 is 1.03 bits per heavy atom. The van der Waals surface area contributed by atoms with E-state index < -0.39 is 12.1 Å². The van der Waals surface area contributed by atoms with Gasteiger partial charge in [-0.25, -0.2) is 0 Å². The van der Waals surface area contributed by atoms with Crippen LogP contribution in [0.15, 0.2) is 48.6 Å². The molecular weight excluding hydrogens is 923 g/mol. The van der Waals surface area contributed by atoms with E-state index in [0.717, 1.165) is 51.4 Å². The second-order valence-corrected chi connectivity index (χ2v) is 22.8. The highest BCUT2D eigenvalue weighted by Crippen LogP contribution is 2.17. The van der Waals surface area contributed by atoms with Crippen molar-refractivity contribution in [1.82, 2.24) is 5.32 Å². The molecule has 0 aliphatic carbocycles. The summed E-state index contributed by atoms with van der Waals surface area (Å²) in [5.41, 5.74) is 0. The molecule has 0 aromatic rings. The quantitative estimate of drug-likeness (QED) is 0.0320. The van der Waals surface area contributed by atoms with Gasteiger partial charge in [-0.1, -0.05) is 300 Å². The van der Waals surface area contributed by atoms with Gasteiger partial charge in [0.05, 0.1) is 25.4 Å². The summed E-state index contributed by atoms with van der Waals surface area (Å²) < 4.78 is 5.49. The van der Waals surface area contributed by atoms with Crippen LogP contribution < -0.4 is 5.32 Å². The third-order valence-electron chi connectivity index (χ3n) is 15.3. The SMILES string of the molecule is CCCCCCCC/C=C\CCCCCCCCCC(=O)OCCCCCCCCCCC/C=C\C/C=C\CCCCCCCCCCCCCCCCCC(=O)NC(CO)C(O)/C=C/CCCCCCCCCC. The number of hydrogen-bond donors (Lipinski definition) is 3. The fraction of sp³-hybridized carbons (Fsp3) is 0.855. The normalized spacial score (nSPS) is 12.9. The molecule has 75 heavy (non-hydrogen) atoms. The van der Waals surface area contributed by atoms with Crippen LogP contribution in [0.4, 0.5) is 0 Å². The van der Waals surface area contributed by atoms with Gasteiger partial charge in [0.2, 0.25) is 5.91 Å². The van der Waals surface area contributed by atoms with Gasteiger partial charge in [-0.15, -0.1) is 0 Å². The first kappa shape index (κ1) is 72.8. The molecule has 3 N–H and O–H groups in total. The van der Waals surface area contributed by atoms with Crippen LogP contribution in [-0.2, 0) is 14.3 Å². The van der Waals surface area contributed by atoms with Gasteiger partial charge in [-0.2, -0.15) is 0 Å². The van der Waals surface area contributed by atoms with Crippen molar-refractivity contribution in [3.05, 3.63) is 48.6 Å². The summed E-state index contributed by atoms with van der Waals surface area (Å²) in [6.07, 6.45) is 83.3.